The number of fused-ring (bicyclic) bond motifs is 1. The maximum Gasteiger partial charge on any atom is 0.231 e. The van der Waals surface area contributed by atoms with Gasteiger partial charge in [-0.05, 0) is 31.7 Å². The normalized spacial score (nSPS) is 20.1. The summed E-state index contributed by atoms with van der Waals surface area (Å²) < 4.78 is 7.98. The zero-order valence-corrected chi connectivity index (χ0v) is 20.1. The Kier molecular flexibility index (Phi) is 6.88. The van der Waals surface area contributed by atoms with E-state index in [9.17, 15) is 10.1 Å². The van der Waals surface area contributed by atoms with Crippen LogP contribution in [0.3, 0.4) is 0 Å². The van der Waals surface area contributed by atoms with Crippen molar-refractivity contribution < 1.29 is 9.53 Å². The van der Waals surface area contributed by atoms with Crippen LogP contribution in [0.15, 0.2) is 35.6 Å². The van der Waals surface area contributed by atoms with E-state index in [0.29, 0.717) is 11.7 Å². The second-order valence-electron chi connectivity index (χ2n) is 9.24. The minimum atomic E-state index is -0.741. The zero-order valence-electron chi connectivity index (χ0n) is 19.3. The fraction of sp³-hybridized carbons (Fsp3) is 0.520. The SMILES string of the molecule is N#CC1(NC(=O)CSc2nnc(-c3c[nH]c4ccccc34)n2CC2CCCO2)CCCCCC1. The molecule has 1 aliphatic heterocycles. The molecule has 2 fully saturated rings. The maximum absolute atomic E-state index is 12.9. The molecule has 1 saturated heterocycles. The van der Waals surface area contributed by atoms with E-state index in [1.807, 2.05) is 24.4 Å². The second kappa shape index (κ2) is 10.2. The first-order valence-corrected chi connectivity index (χ1v) is 13.1. The number of para-hydroxylation sites is 1. The van der Waals surface area contributed by atoms with E-state index in [1.54, 1.807) is 0 Å². The summed E-state index contributed by atoms with van der Waals surface area (Å²) >= 11 is 1.37. The van der Waals surface area contributed by atoms with Gasteiger partial charge >= 0.3 is 0 Å². The monoisotopic (exact) mass is 478 g/mol. The predicted octanol–water partition coefficient (Wildman–Crippen LogP) is 4.43. The molecule has 8 nitrogen and oxygen atoms in total. The molecule has 0 bridgehead atoms. The number of carbonyl (C=O) groups is 1. The number of nitrogens with zero attached hydrogens (tertiary/aromatic N) is 4. The predicted molar refractivity (Wildman–Crippen MR) is 131 cm³/mol. The van der Waals surface area contributed by atoms with Gasteiger partial charge in [-0.15, -0.1) is 10.2 Å². The minimum Gasteiger partial charge on any atom is -0.376 e. The van der Waals surface area contributed by atoms with Crippen LogP contribution in [0.4, 0.5) is 0 Å². The highest BCUT2D eigenvalue weighted by molar-refractivity contribution is 7.99. The van der Waals surface area contributed by atoms with Gasteiger partial charge in [-0.2, -0.15) is 5.26 Å². The van der Waals surface area contributed by atoms with Crippen molar-refractivity contribution in [1.29, 1.82) is 5.26 Å². The zero-order chi connectivity index (χ0) is 23.4. The van der Waals surface area contributed by atoms with Crippen molar-refractivity contribution in [2.75, 3.05) is 12.4 Å². The van der Waals surface area contributed by atoms with Crippen LogP contribution < -0.4 is 5.32 Å². The van der Waals surface area contributed by atoms with Gasteiger partial charge in [0.1, 0.15) is 5.54 Å². The number of thioether (sulfide) groups is 1. The van der Waals surface area contributed by atoms with Gasteiger partial charge < -0.3 is 15.0 Å². The molecule has 0 radical (unpaired) electrons. The molecule has 3 aromatic rings. The number of ether oxygens (including phenoxy) is 1. The molecule has 1 aliphatic carbocycles. The van der Waals surface area contributed by atoms with Crippen LogP contribution in [0.2, 0.25) is 0 Å². The molecule has 9 heteroatoms. The van der Waals surface area contributed by atoms with Crippen LogP contribution in [-0.2, 0) is 16.1 Å². The largest absolute Gasteiger partial charge is 0.376 e. The summed E-state index contributed by atoms with van der Waals surface area (Å²) in [4.78, 5) is 16.2. The van der Waals surface area contributed by atoms with Crippen LogP contribution in [-0.4, -0.2) is 49.7 Å². The summed E-state index contributed by atoms with van der Waals surface area (Å²) in [5.41, 5.74) is 1.29. The van der Waals surface area contributed by atoms with Crippen LogP contribution in [0.5, 0.6) is 0 Å². The smallest absolute Gasteiger partial charge is 0.231 e. The number of amides is 1. The van der Waals surface area contributed by atoms with Crippen LogP contribution in [0.25, 0.3) is 22.3 Å². The van der Waals surface area contributed by atoms with Gasteiger partial charge in [-0.1, -0.05) is 55.6 Å². The van der Waals surface area contributed by atoms with E-state index in [1.165, 1.54) is 11.8 Å². The van der Waals surface area contributed by atoms with Gasteiger partial charge in [-0.25, -0.2) is 0 Å². The summed E-state index contributed by atoms with van der Waals surface area (Å²) in [5.74, 6) is 0.836. The summed E-state index contributed by atoms with van der Waals surface area (Å²) in [6, 6.07) is 10.5. The molecule has 3 heterocycles. The molecule has 2 N–H and O–H groups in total. The molecule has 34 heavy (non-hydrogen) atoms. The van der Waals surface area contributed by atoms with Crippen molar-refractivity contribution in [3.8, 4) is 17.5 Å². The highest BCUT2D eigenvalue weighted by atomic mass is 32.2. The van der Waals surface area contributed by atoms with Gasteiger partial charge in [0.25, 0.3) is 0 Å². The van der Waals surface area contributed by atoms with E-state index in [4.69, 9.17) is 4.74 Å². The lowest BCUT2D eigenvalue weighted by Gasteiger charge is -2.26. The Bertz CT molecular complexity index is 1180. The number of aromatic amines is 1. The fourth-order valence-corrected chi connectivity index (χ4v) is 5.79. The Hall–Kier alpha value is -2.83. The number of rotatable bonds is 7. The molecule has 1 unspecified atom stereocenters. The Morgan fingerprint density at radius 1 is 1.24 bits per heavy atom. The molecule has 0 spiro atoms. The van der Waals surface area contributed by atoms with E-state index < -0.39 is 5.54 Å². The van der Waals surface area contributed by atoms with E-state index in [-0.39, 0.29) is 17.8 Å². The van der Waals surface area contributed by atoms with Crippen LogP contribution in [0.1, 0.15) is 51.4 Å². The number of hydrogen-bond donors (Lipinski definition) is 2. The van der Waals surface area contributed by atoms with Crippen LogP contribution >= 0.6 is 11.8 Å². The molecule has 5 rings (SSSR count). The quantitative estimate of drug-likeness (QED) is 0.384. The number of nitrogens with one attached hydrogen (secondary N) is 2. The molecular formula is C25H30N6O2S. The third-order valence-electron chi connectivity index (χ3n) is 6.84. The van der Waals surface area contributed by atoms with Crippen molar-refractivity contribution in [2.45, 2.75) is 74.7 Å². The first-order valence-electron chi connectivity index (χ1n) is 12.1. The molecule has 1 atom stereocenters. The van der Waals surface area contributed by atoms with Crippen molar-refractivity contribution >= 4 is 28.6 Å². The molecule has 178 valence electrons. The first kappa shape index (κ1) is 22.9. The lowest BCUT2D eigenvalue weighted by molar-refractivity contribution is -0.120. The topological polar surface area (TPSA) is 109 Å². The Morgan fingerprint density at radius 2 is 2.06 bits per heavy atom. The fourth-order valence-electron chi connectivity index (χ4n) is 5.04. The van der Waals surface area contributed by atoms with Gasteiger partial charge in [-0.3, -0.25) is 9.36 Å². The van der Waals surface area contributed by atoms with Crippen molar-refractivity contribution in [3.63, 3.8) is 0 Å². The van der Waals surface area contributed by atoms with Crippen molar-refractivity contribution in [1.82, 2.24) is 25.1 Å². The Labute approximate surface area is 203 Å². The number of aromatic nitrogens is 4. The van der Waals surface area contributed by atoms with E-state index in [2.05, 4.69) is 37.2 Å². The van der Waals surface area contributed by atoms with Crippen molar-refractivity contribution in [2.24, 2.45) is 0 Å². The lowest BCUT2D eigenvalue weighted by Crippen LogP contribution is -2.47. The number of benzene rings is 1. The Morgan fingerprint density at radius 3 is 2.82 bits per heavy atom. The summed E-state index contributed by atoms with van der Waals surface area (Å²) in [6.07, 6.45) is 9.77. The minimum absolute atomic E-state index is 0.112. The molecule has 1 amide bonds. The van der Waals surface area contributed by atoms with Gasteiger partial charge in [0, 0.05) is 29.3 Å². The number of H-pyrrole nitrogens is 1. The van der Waals surface area contributed by atoms with Gasteiger partial charge in [0.15, 0.2) is 11.0 Å². The first-order chi connectivity index (χ1) is 16.7. The van der Waals surface area contributed by atoms with Gasteiger partial charge in [0.2, 0.25) is 5.91 Å². The number of nitriles is 1. The highest BCUT2D eigenvalue weighted by Gasteiger charge is 2.32. The van der Waals surface area contributed by atoms with Gasteiger partial charge in [0.05, 0.1) is 24.5 Å². The molecule has 2 aromatic heterocycles. The number of carbonyl (C=O) groups excluding carboxylic acids is 1. The molecule has 2 aliphatic rings. The molecule has 1 aromatic carbocycles. The highest BCUT2D eigenvalue weighted by Crippen LogP contribution is 2.32. The van der Waals surface area contributed by atoms with Crippen molar-refractivity contribution in [3.05, 3.63) is 30.5 Å². The van der Waals surface area contributed by atoms with E-state index in [0.717, 1.165) is 80.3 Å². The van der Waals surface area contributed by atoms with E-state index >= 15 is 0 Å². The number of hydrogen-bond acceptors (Lipinski definition) is 6. The molecular weight excluding hydrogens is 448 g/mol. The third kappa shape index (κ3) is 4.84. The second-order valence-corrected chi connectivity index (χ2v) is 10.2. The Balaban J connectivity index is 1.36. The summed E-state index contributed by atoms with van der Waals surface area (Å²) in [5, 5.41) is 23.6. The lowest BCUT2D eigenvalue weighted by atomic mass is 9.92. The maximum atomic E-state index is 12.9. The average molecular weight is 479 g/mol. The summed E-state index contributed by atoms with van der Waals surface area (Å²) in [6.45, 7) is 1.42. The average Bonchev–Trinajstić information content (AvgIpc) is 3.57. The third-order valence-corrected chi connectivity index (χ3v) is 7.81. The summed E-state index contributed by atoms with van der Waals surface area (Å²) in [7, 11) is 0. The standard InChI is InChI=1S/C25H30N6O2S/c26-17-25(11-5-1-2-6-12-25)28-22(32)16-34-24-30-29-23(31(24)15-18-8-7-13-33-18)20-14-27-21-10-4-3-9-19(20)21/h3-4,9-10,14,18,27H,1-2,5-8,11-13,15-16H2,(H,28,32). The molecule has 1 saturated carbocycles. The van der Waals surface area contributed by atoms with Crippen LogP contribution in [0, 0.1) is 11.3 Å².